The maximum absolute atomic E-state index is 13.1. The fourth-order valence-electron chi connectivity index (χ4n) is 3.99. The number of hydrogen-bond donors (Lipinski definition) is 2. The van der Waals surface area contributed by atoms with Gasteiger partial charge in [-0.3, -0.25) is 9.69 Å². The third-order valence-corrected chi connectivity index (χ3v) is 6.45. The van der Waals surface area contributed by atoms with Crippen LogP contribution in [0.25, 0.3) is 0 Å². The number of carbonyl (C=O) groups is 2. The number of amides is 3. The molecule has 2 aromatic carbocycles. The summed E-state index contributed by atoms with van der Waals surface area (Å²) in [6, 6.07) is 17.1. The lowest BCUT2D eigenvalue weighted by atomic mass is 10.1. The summed E-state index contributed by atoms with van der Waals surface area (Å²) in [5, 5.41) is 6.80. The number of pyridine rings is 1. The number of fused-ring (bicyclic) bond motifs is 1. The third kappa shape index (κ3) is 5.54. The van der Waals surface area contributed by atoms with E-state index < -0.39 is 0 Å². The van der Waals surface area contributed by atoms with Crippen LogP contribution >= 0.6 is 11.8 Å². The van der Waals surface area contributed by atoms with Gasteiger partial charge in [0.15, 0.2) is 0 Å². The summed E-state index contributed by atoms with van der Waals surface area (Å²) in [7, 11) is 0. The molecule has 3 aromatic rings. The monoisotopic (exact) mass is 460 g/mol. The highest BCUT2D eigenvalue weighted by Gasteiger charge is 2.26. The van der Waals surface area contributed by atoms with Gasteiger partial charge in [-0.15, -0.1) is 11.8 Å². The normalized spacial score (nSPS) is 12.8. The topological polar surface area (TPSA) is 74.3 Å². The number of urea groups is 1. The van der Waals surface area contributed by atoms with Crippen LogP contribution < -0.4 is 15.5 Å². The molecule has 7 heteroatoms. The number of aromatic nitrogens is 1. The minimum Gasteiger partial charge on any atom is -0.352 e. The van der Waals surface area contributed by atoms with Gasteiger partial charge in [0, 0.05) is 35.8 Å². The van der Waals surface area contributed by atoms with E-state index in [-0.39, 0.29) is 11.9 Å². The fourth-order valence-corrected chi connectivity index (χ4v) is 5.08. The number of anilines is 2. The highest BCUT2D eigenvalue weighted by atomic mass is 32.2. The first-order valence-electron chi connectivity index (χ1n) is 11.0. The average molecular weight is 461 g/mol. The molecule has 0 radical (unpaired) electrons. The van der Waals surface area contributed by atoms with Crippen molar-refractivity contribution in [3.05, 3.63) is 82.5 Å². The first kappa shape index (κ1) is 22.9. The van der Waals surface area contributed by atoms with Gasteiger partial charge in [-0.25, -0.2) is 9.78 Å². The van der Waals surface area contributed by atoms with Crippen LogP contribution in [0.1, 0.15) is 32.7 Å². The standard InChI is InChI=1S/C26H28N4O2S/c1-17-6-4-7-20(14-17)10-11-27-24(31)21-8-5-9-22(16-21)29-26(32)30-12-13-33-25-23(30)18(2)15-19(3)28-25/h4-9,14-16H,10-13H2,1-3H3,(H,27,31)(H,29,32). The minimum atomic E-state index is -0.220. The van der Waals surface area contributed by atoms with Crippen molar-refractivity contribution < 1.29 is 9.59 Å². The van der Waals surface area contributed by atoms with Crippen LogP contribution in [-0.2, 0) is 6.42 Å². The smallest absolute Gasteiger partial charge is 0.326 e. The molecule has 0 unspecified atom stereocenters. The van der Waals surface area contributed by atoms with Crippen molar-refractivity contribution >= 4 is 35.1 Å². The molecule has 0 saturated heterocycles. The first-order chi connectivity index (χ1) is 15.9. The van der Waals surface area contributed by atoms with E-state index in [1.807, 2.05) is 26.0 Å². The van der Waals surface area contributed by atoms with E-state index in [0.29, 0.717) is 24.3 Å². The second-order valence-corrected chi connectivity index (χ2v) is 9.32. The number of hydrogen-bond acceptors (Lipinski definition) is 4. The van der Waals surface area contributed by atoms with E-state index in [9.17, 15) is 9.59 Å². The molecule has 0 spiro atoms. The van der Waals surface area contributed by atoms with Gasteiger partial charge >= 0.3 is 6.03 Å². The highest BCUT2D eigenvalue weighted by Crippen LogP contribution is 2.36. The van der Waals surface area contributed by atoms with Gasteiger partial charge in [0.1, 0.15) is 5.03 Å². The Labute approximate surface area is 198 Å². The Balaban J connectivity index is 1.40. The number of rotatable bonds is 5. The van der Waals surface area contributed by atoms with Crippen molar-refractivity contribution in [2.45, 2.75) is 32.2 Å². The zero-order valence-electron chi connectivity index (χ0n) is 19.1. The van der Waals surface area contributed by atoms with Crippen LogP contribution in [0.2, 0.25) is 0 Å². The molecule has 1 aliphatic rings. The number of nitrogens with zero attached hydrogens (tertiary/aromatic N) is 2. The van der Waals surface area contributed by atoms with Crippen LogP contribution in [0.5, 0.6) is 0 Å². The molecule has 170 valence electrons. The number of benzene rings is 2. The lowest BCUT2D eigenvalue weighted by molar-refractivity contribution is 0.0954. The van der Waals surface area contributed by atoms with E-state index >= 15 is 0 Å². The van der Waals surface area contributed by atoms with Crippen molar-refractivity contribution in [2.75, 3.05) is 29.1 Å². The molecule has 0 atom stereocenters. The Morgan fingerprint density at radius 2 is 1.88 bits per heavy atom. The number of aryl methyl sites for hydroxylation is 3. The number of nitrogens with one attached hydrogen (secondary N) is 2. The third-order valence-electron chi connectivity index (χ3n) is 5.51. The summed E-state index contributed by atoms with van der Waals surface area (Å²) in [6.45, 7) is 7.18. The van der Waals surface area contributed by atoms with Crippen LogP contribution in [0.15, 0.2) is 59.6 Å². The van der Waals surface area contributed by atoms with E-state index in [2.05, 4.69) is 40.7 Å². The Morgan fingerprint density at radius 1 is 1.06 bits per heavy atom. The quantitative estimate of drug-likeness (QED) is 0.554. The maximum Gasteiger partial charge on any atom is 0.326 e. The van der Waals surface area contributed by atoms with Gasteiger partial charge in [0.25, 0.3) is 5.91 Å². The SMILES string of the molecule is Cc1cccc(CCNC(=O)c2cccc(NC(=O)N3CCSc4nc(C)cc(C)c43)c2)c1. The van der Waals surface area contributed by atoms with Gasteiger partial charge in [0.05, 0.1) is 5.69 Å². The average Bonchev–Trinajstić information content (AvgIpc) is 2.78. The van der Waals surface area contributed by atoms with Gasteiger partial charge < -0.3 is 10.6 Å². The molecule has 0 saturated carbocycles. The molecular formula is C26H28N4O2S. The van der Waals surface area contributed by atoms with Crippen LogP contribution in [0.3, 0.4) is 0 Å². The molecule has 6 nitrogen and oxygen atoms in total. The van der Waals surface area contributed by atoms with Crippen molar-refractivity contribution in [1.82, 2.24) is 10.3 Å². The fraction of sp³-hybridized carbons (Fsp3) is 0.269. The summed E-state index contributed by atoms with van der Waals surface area (Å²) in [4.78, 5) is 32.1. The molecule has 1 aliphatic heterocycles. The van der Waals surface area contributed by atoms with Crippen molar-refractivity contribution in [3.63, 3.8) is 0 Å². The van der Waals surface area contributed by atoms with Gasteiger partial charge in [-0.2, -0.15) is 0 Å². The zero-order valence-corrected chi connectivity index (χ0v) is 20.0. The molecule has 4 rings (SSSR count). The first-order valence-corrected chi connectivity index (χ1v) is 12.0. The van der Waals surface area contributed by atoms with Gasteiger partial charge in [-0.1, -0.05) is 35.9 Å². The second-order valence-electron chi connectivity index (χ2n) is 8.24. The minimum absolute atomic E-state index is 0.158. The predicted molar refractivity (Wildman–Crippen MR) is 134 cm³/mol. The molecule has 0 aliphatic carbocycles. The Bertz CT molecular complexity index is 1190. The lowest BCUT2D eigenvalue weighted by Crippen LogP contribution is -2.39. The van der Waals surface area contributed by atoms with Crippen molar-refractivity contribution in [1.29, 1.82) is 0 Å². The molecule has 33 heavy (non-hydrogen) atoms. The molecule has 1 aromatic heterocycles. The molecule has 3 amide bonds. The van der Waals surface area contributed by atoms with Gasteiger partial charge in [0.2, 0.25) is 0 Å². The highest BCUT2D eigenvalue weighted by molar-refractivity contribution is 7.99. The zero-order chi connectivity index (χ0) is 23.4. The molecule has 2 heterocycles. The van der Waals surface area contributed by atoms with Crippen LogP contribution in [-0.4, -0.2) is 35.8 Å². The number of thioether (sulfide) groups is 1. The van der Waals surface area contributed by atoms with E-state index in [0.717, 1.165) is 34.1 Å². The molecule has 2 N–H and O–H groups in total. The maximum atomic E-state index is 13.1. The largest absolute Gasteiger partial charge is 0.352 e. The Kier molecular flexibility index (Phi) is 6.99. The predicted octanol–water partition coefficient (Wildman–Crippen LogP) is 5.12. The summed E-state index contributed by atoms with van der Waals surface area (Å²) < 4.78 is 0. The second kappa shape index (κ2) is 10.1. The van der Waals surface area contributed by atoms with Crippen molar-refractivity contribution in [3.8, 4) is 0 Å². The number of carbonyl (C=O) groups excluding carboxylic acids is 2. The van der Waals surface area contributed by atoms with Crippen molar-refractivity contribution in [2.24, 2.45) is 0 Å². The Morgan fingerprint density at radius 3 is 2.70 bits per heavy atom. The lowest BCUT2D eigenvalue weighted by Gasteiger charge is -2.30. The van der Waals surface area contributed by atoms with Crippen LogP contribution in [0, 0.1) is 20.8 Å². The summed E-state index contributed by atoms with van der Waals surface area (Å²) in [5.74, 6) is 0.633. The molecule has 0 fully saturated rings. The molecule has 0 bridgehead atoms. The van der Waals surface area contributed by atoms with Crippen LogP contribution in [0.4, 0.5) is 16.2 Å². The van der Waals surface area contributed by atoms with Gasteiger partial charge in [-0.05, 0) is 62.6 Å². The van der Waals surface area contributed by atoms with E-state index in [4.69, 9.17) is 0 Å². The summed E-state index contributed by atoms with van der Waals surface area (Å²) >= 11 is 1.67. The summed E-state index contributed by atoms with van der Waals surface area (Å²) in [6.07, 6.45) is 0.767. The van der Waals surface area contributed by atoms with E-state index in [1.165, 1.54) is 11.1 Å². The Hall–Kier alpha value is -3.32. The van der Waals surface area contributed by atoms with E-state index in [1.54, 1.807) is 40.9 Å². The molecular weight excluding hydrogens is 432 g/mol. The summed E-state index contributed by atoms with van der Waals surface area (Å²) in [5.41, 5.74) is 6.33.